The lowest BCUT2D eigenvalue weighted by Gasteiger charge is -2.28. The Bertz CT molecular complexity index is 1020. The van der Waals surface area contributed by atoms with Gasteiger partial charge in [0.2, 0.25) is 0 Å². The van der Waals surface area contributed by atoms with Crippen molar-refractivity contribution in [1.29, 1.82) is 0 Å². The number of ether oxygens (including phenoxy) is 1. The maximum absolute atomic E-state index is 12.8. The van der Waals surface area contributed by atoms with Crippen molar-refractivity contribution in [3.05, 3.63) is 51.6 Å². The van der Waals surface area contributed by atoms with Gasteiger partial charge in [-0.1, -0.05) is 25.0 Å². The van der Waals surface area contributed by atoms with Gasteiger partial charge in [0.25, 0.3) is 5.56 Å². The van der Waals surface area contributed by atoms with Crippen molar-refractivity contribution >= 4 is 10.9 Å². The number of nitrogens with zero attached hydrogens (tertiary/aromatic N) is 5. The van der Waals surface area contributed by atoms with Crippen LogP contribution in [0.5, 0.6) is 0 Å². The Morgan fingerprint density at radius 2 is 2.07 bits per heavy atom. The molecule has 1 fully saturated rings. The molecule has 1 aliphatic rings. The second-order valence-corrected chi connectivity index (χ2v) is 7.87. The fourth-order valence-corrected chi connectivity index (χ4v) is 4.15. The summed E-state index contributed by atoms with van der Waals surface area (Å²) in [6, 6.07) is 8.61. The highest BCUT2D eigenvalue weighted by Crippen LogP contribution is 2.26. The Kier molecular flexibility index (Phi) is 6.01. The fourth-order valence-electron chi connectivity index (χ4n) is 4.15. The summed E-state index contributed by atoms with van der Waals surface area (Å²) in [6.07, 6.45) is 4.74. The number of hydrogen-bond donors (Lipinski definition) is 1. The fraction of sp³-hybridized carbons (Fsp3) is 0.524. The molecule has 1 aromatic carbocycles. The molecule has 8 nitrogen and oxygen atoms in total. The number of aromatic nitrogens is 5. The number of aromatic amines is 1. The van der Waals surface area contributed by atoms with Crippen LogP contribution in [0.1, 0.15) is 42.6 Å². The Hall–Kier alpha value is -2.58. The number of nitrogens with one attached hydrogen (secondary N) is 1. The summed E-state index contributed by atoms with van der Waals surface area (Å²) in [5, 5.41) is 13.2. The average molecular weight is 396 g/mol. The molecule has 0 bridgehead atoms. The minimum absolute atomic E-state index is 0.0231. The van der Waals surface area contributed by atoms with Gasteiger partial charge >= 0.3 is 0 Å². The number of H-pyrrole nitrogens is 1. The number of methoxy groups -OCH3 is 1. The van der Waals surface area contributed by atoms with E-state index in [2.05, 4.69) is 37.5 Å². The highest BCUT2D eigenvalue weighted by Gasteiger charge is 2.25. The Balaban J connectivity index is 1.60. The molecule has 1 N–H and O–H groups in total. The molecule has 4 rings (SSSR count). The van der Waals surface area contributed by atoms with Gasteiger partial charge in [-0.05, 0) is 53.3 Å². The lowest BCUT2D eigenvalue weighted by atomic mass is 10.1. The van der Waals surface area contributed by atoms with Gasteiger partial charge in [-0.2, -0.15) is 0 Å². The highest BCUT2D eigenvalue weighted by atomic mass is 16.5. The molecule has 0 amide bonds. The second kappa shape index (κ2) is 8.84. The van der Waals surface area contributed by atoms with Crippen LogP contribution in [0.2, 0.25) is 0 Å². The molecule has 0 radical (unpaired) electrons. The number of fused-ring (bicyclic) bond motifs is 1. The predicted octanol–water partition coefficient (Wildman–Crippen LogP) is 2.41. The van der Waals surface area contributed by atoms with Gasteiger partial charge in [-0.15, -0.1) is 5.10 Å². The molecule has 2 heterocycles. The molecule has 3 aromatic rings. The van der Waals surface area contributed by atoms with Crippen molar-refractivity contribution in [2.45, 2.75) is 58.3 Å². The number of rotatable bonds is 8. The van der Waals surface area contributed by atoms with Crippen LogP contribution in [-0.4, -0.2) is 49.8 Å². The topological polar surface area (TPSA) is 88.9 Å². The van der Waals surface area contributed by atoms with Crippen LogP contribution < -0.4 is 5.56 Å². The standard InChI is InChI=1S/C21H28N6O2/c1-15-7-8-16-12-17(21(28)22-19(16)11-15)13-26(18-5-3-4-6-18)14-20-23-24-25-27(20)9-10-29-2/h7-8,11-12,18H,3-6,9-10,13-14H2,1-2H3,(H,22,28). The van der Waals surface area contributed by atoms with Gasteiger partial charge in [-0.3, -0.25) is 9.69 Å². The summed E-state index contributed by atoms with van der Waals surface area (Å²) in [5.74, 6) is 0.807. The summed E-state index contributed by atoms with van der Waals surface area (Å²) in [5.41, 5.74) is 2.78. The van der Waals surface area contributed by atoms with Crippen molar-refractivity contribution < 1.29 is 4.74 Å². The maximum atomic E-state index is 12.8. The second-order valence-electron chi connectivity index (χ2n) is 7.87. The molecule has 154 valence electrons. The van der Waals surface area contributed by atoms with E-state index in [0.29, 0.717) is 32.3 Å². The first kappa shape index (κ1) is 19.7. The van der Waals surface area contributed by atoms with E-state index in [1.165, 1.54) is 12.8 Å². The van der Waals surface area contributed by atoms with Gasteiger partial charge in [0.15, 0.2) is 5.82 Å². The summed E-state index contributed by atoms with van der Waals surface area (Å²) in [6.45, 7) is 4.41. The summed E-state index contributed by atoms with van der Waals surface area (Å²) in [4.78, 5) is 18.2. The molecule has 2 aromatic heterocycles. The Labute approximate surface area is 169 Å². The van der Waals surface area contributed by atoms with Crippen LogP contribution in [-0.2, 0) is 24.4 Å². The molecule has 0 aliphatic heterocycles. The lowest BCUT2D eigenvalue weighted by Crippen LogP contribution is -2.35. The van der Waals surface area contributed by atoms with Crippen molar-refractivity contribution in [1.82, 2.24) is 30.1 Å². The van der Waals surface area contributed by atoms with E-state index >= 15 is 0 Å². The third-order valence-electron chi connectivity index (χ3n) is 5.75. The van der Waals surface area contributed by atoms with Crippen molar-refractivity contribution in [2.75, 3.05) is 13.7 Å². The van der Waals surface area contributed by atoms with Crippen LogP contribution in [0.15, 0.2) is 29.1 Å². The number of tetrazole rings is 1. The van der Waals surface area contributed by atoms with E-state index in [0.717, 1.165) is 40.7 Å². The number of benzene rings is 1. The highest BCUT2D eigenvalue weighted by molar-refractivity contribution is 5.79. The largest absolute Gasteiger partial charge is 0.383 e. The minimum atomic E-state index is -0.0231. The van der Waals surface area contributed by atoms with Crippen LogP contribution >= 0.6 is 0 Å². The first-order valence-electron chi connectivity index (χ1n) is 10.2. The van der Waals surface area contributed by atoms with Gasteiger partial charge in [0.1, 0.15) is 0 Å². The molecule has 0 unspecified atom stereocenters. The van der Waals surface area contributed by atoms with E-state index in [-0.39, 0.29) is 5.56 Å². The molecule has 1 aliphatic carbocycles. The third kappa shape index (κ3) is 4.54. The van der Waals surface area contributed by atoms with Crippen LogP contribution in [0.4, 0.5) is 0 Å². The monoisotopic (exact) mass is 396 g/mol. The smallest absolute Gasteiger partial charge is 0.252 e. The molecule has 0 saturated heterocycles. The summed E-state index contributed by atoms with van der Waals surface area (Å²) >= 11 is 0. The summed E-state index contributed by atoms with van der Waals surface area (Å²) in [7, 11) is 1.67. The lowest BCUT2D eigenvalue weighted by molar-refractivity contribution is 0.162. The summed E-state index contributed by atoms with van der Waals surface area (Å²) < 4.78 is 6.95. The average Bonchev–Trinajstić information content (AvgIpc) is 3.38. The Morgan fingerprint density at radius 1 is 1.24 bits per heavy atom. The zero-order valence-electron chi connectivity index (χ0n) is 17.1. The molecular weight excluding hydrogens is 368 g/mol. The molecule has 0 spiro atoms. The Morgan fingerprint density at radius 3 is 2.86 bits per heavy atom. The zero-order chi connectivity index (χ0) is 20.2. The SMILES string of the molecule is COCCn1nnnc1CN(Cc1cc2ccc(C)cc2[nH]c1=O)C1CCCC1. The van der Waals surface area contributed by atoms with Crippen LogP contribution in [0, 0.1) is 6.92 Å². The van der Waals surface area contributed by atoms with E-state index in [4.69, 9.17) is 4.74 Å². The van der Waals surface area contributed by atoms with Gasteiger partial charge in [0.05, 0.1) is 19.7 Å². The quantitative estimate of drug-likeness (QED) is 0.629. The van der Waals surface area contributed by atoms with E-state index < -0.39 is 0 Å². The zero-order valence-corrected chi connectivity index (χ0v) is 17.1. The minimum Gasteiger partial charge on any atom is -0.383 e. The van der Waals surface area contributed by atoms with Gasteiger partial charge < -0.3 is 9.72 Å². The molecule has 29 heavy (non-hydrogen) atoms. The first-order chi connectivity index (χ1) is 14.1. The third-order valence-corrected chi connectivity index (χ3v) is 5.75. The van der Waals surface area contributed by atoms with E-state index in [9.17, 15) is 4.79 Å². The first-order valence-corrected chi connectivity index (χ1v) is 10.2. The van der Waals surface area contributed by atoms with Crippen LogP contribution in [0.25, 0.3) is 10.9 Å². The number of hydrogen-bond acceptors (Lipinski definition) is 6. The number of pyridine rings is 1. The number of aryl methyl sites for hydroxylation is 1. The van der Waals surface area contributed by atoms with Crippen molar-refractivity contribution in [3.63, 3.8) is 0 Å². The van der Waals surface area contributed by atoms with Crippen molar-refractivity contribution in [2.24, 2.45) is 0 Å². The molecule has 8 heteroatoms. The van der Waals surface area contributed by atoms with Gasteiger partial charge in [0, 0.05) is 30.8 Å². The van der Waals surface area contributed by atoms with E-state index in [1.54, 1.807) is 11.8 Å². The van der Waals surface area contributed by atoms with Crippen LogP contribution in [0.3, 0.4) is 0 Å². The van der Waals surface area contributed by atoms with Crippen molar-refractivity contribution in [3.8, 4) is 0 Å². The van der Waals surface area contributed by atoms with Gasteiger partial charge in [-0.25, -0.2) is 4.68 Å². The molecular formula is C21H28N6O2. The normalized spacial score (nSPS) is 15.0. The molecule has 1 saturated carbocycles. The maximum Gasteiger partial charge on any atom is 0.252 e. The molecule has 0 atom stereocenters. The predicted molar refractivity (Wildman–Crippen MR) is 111 cm³/mol. The van der Waals surface area contributed by atoms with E-state index in [1.807, 2.05) is 19.1 Å².